The Morgan fingerprint density at radius 3 is 2.33 bits per heavy atom. The zero-order valence-corrected chi connectivity index (χ0v) is 16.2. The average Bonchev–Trinajstić information content (AvgIpc) is 2.88. The number of benzene rings is 1. The van der Waals surface area contributed by atoms with Gasteiger partial charge in [0.1, 0.15) is 5.60 Å². The largest absolute Gasteiger partial charge is 0.380 e. The zero-order chi connectivity index (χ0) is 19.9. The number of hydrogen-bond acceptors (Lipinski definition) is 4. The Kier molecular flexibility index (Phi) is 5.18. The standard InChI is InChI=1S/C19H24ClN3O4/c1-3-19(2,27)18(26)23-12-5-6-13(23)10-22(9-12)17(25)11-4-7-14(16(21)24)15(20)8-11/h4,7-8,12-13,27H,3,5-6,9-10H2,1-2H3,(H2,21,24)/t12-,13+,19?. The van der Waals surface area contributed by atoms with Crippen LogP contribution in [0.25, 0.3) is 0 Å². The number of primary amides is 1. The number of carbonyl (C=O) groups is 3. The Labute approximate surface area is 163 Å². The summed E-state index contributed by atoms with van der Waals surface area (Å²) in [6.45, 7) is 4.14. The monoisotopic (exact) mass is 393 g/mol. The third kappa shape index (κ3) is 3.53. The fourth-order valence-corrected chi connectivity index (χ4v) is 4.13. The number of piperazine rings is 1. The molecule has 2 heterocycles. The van der Waals surface area contributed by atoms with Crippen molar-refractivity contribution in [2.45, 2.75) is 50.8 Å². The second-order valence-corrected chi connectivity index (χ2v) is 7.90. The van der Waals surface area contributed by atoms with E-state index < -0.39 is 11.5 Å². The first-order chi connectivity index (χ1) is 12.7. The summed E-state index contributed by atoms with van der Waals surface area (Å²) in [7, 11) is 0. The highest BCUT2D eigenvalue weighted by molar-refractivity contribution is 6.34. The maximum Gasteiger partial charge on any atom is 0.254 e. The molecule has 2 aliphatic heterocycles. The highest BCUT2D eigenvalue weighted by Gasteiger charge is 2.47. The summed E-state index contributed by atoms with van der Waals surface area (Å²) in [6, 6.07) is 4.24. The maximum atomic E-state index is 12.9. The number of carbonyl (C=O) groups excluding carboxylic acids is 3. The number of fused-ring (bicyclic) bond motifs is 2. The first-order valence-electron chi connectivity index (χ1n) is 9.09. The van der Waals surface area contributed by atoms with Crippen molar-refractivity contribution in [1.82, 2.24) is 9.80 Å². The number of amides is 3. The molecule has 27 heavy (non-hydrogen) atoms. The molecule has 2 fully saturated rings. The van der Waals surface area contributed by atoms with Gasteiger partial charge in [-0.3, -0.25) is 14.4 Å². The third-order valence-electron chi connectivity index (χ3n) is 5.63. The quantitative estimate of drug-likeness (QED) is 0.807. The summed E-state index contributed by atoms with van der Waals surface area (Å²) < 4.78 is 0. The third-order valence-corrected chi connectivity index (χ3v) is 5.95. The van der Waals surface area contributed by atoms with E-state index >= 15 is 0 Å². The molecule has 0 aliphatic carbocycles. The van der Waals surface area contributed by atoms with Gasteiger partial charge < -0.3 is 20.6 Å². The van der Waals surface area contributed by atoms with E-state index in [1.54, 1.807) is 16.7 Å². The first-order valence-corrected chi connectivity index (χ1v) is 9.47. The van der Waals surface area contributed by atoms with Gasteiger partial charge in [-0.05, 0) is 44.4 Å². The molecule has 0 aromatic heterocycles. The van der Waals surface area contributed by atoms with E-state index in [2.05, 4.69) is 0 Å². The molecule has 0 radical (unpaired) electrons. The Morgan fingerprint density at radius 1 is 1.26 bits per heavy atom. The van der Waals surface area contributed by atoms with Crippen LogP contribution < -0.4 is 5.73 Å². The average molecular weight is 394 g/mol. The fraction of sp³-hybridized carbons (Fsp3) is 0.526. The number of likely N-dealkylation sites (tertiary alicyclic amines) is 1. The molecule has 3 N–H and O–H groups in total. The van der Waals surface area contributed by atoms with Crippen LogP contribution in [0.15, 0.2) is 18.2 Å². The van der Waals surface area contributed by atoms with E-state index in [0.29, 0.717) is 25.1 Å². The van der Waals surface area contributed by atoms with Crippen LogP contribution in [0, 0.1) is 0 Å². The van der Waals surface area contributed by atoms with Gasteiger partial charge >= 0.3 is 0 Å². The molecule has 0 saturated carbocycles. The van der Waals surface area contributed by atoms with Crippen molar-refractivity contribution in [3.8, 4) is 0 Å². The van der Waals surface area contributed by atoms with Gasteiger partial charge in [-0.2, -0.15) is 0 Å². The second-order valence-electron chi connectivity index (χ2n) is 7.49. The predicted octanol–water partition coefficient (Wildman–Crippen LogP) is 1.42. The molecule has 3 atom stereocenters. The van der Waals surface area contributed by atoms with Crippen LogP contribution in [-0.4, -0.2) is 63.4 Å². The van der Waals surface area contributed by atoms with E-state index in [0.717, 1.165) is 12.8 Å². The van der Waals surface area contributed by atoms with E-state index in [9.17, 15) is 19.5 Å². The number of nitrogens with zero attached hydrogens (tertiary/aromatic N) is 2. The van der Waals surface area contributed by atoms with Gasteiger partial charge in [-0.15, -0.1) is 0 Å². The smallest absolute Gasteiger partial charge is 0.254 e. The molecule has 8 heteroatoms. The molecule has 1 aromatic rings. The topological polar surface area (TPSA) is 104 Å². The minimum absolute atomic E-state index is 0.0985. The molecular formula is C19H24ClN3O4. The van der Waals surface area contributed by atoms with Crippen molar-refractivity contribution < 1.29 is 19.5 Å². The molecule has 2 bridgehead atoms. The number of hydrogen-bond donors (Lipinski definition) is 2. The molecule has 1 aromatic carbocycles. The van der Waals surface area contributed by atoms with Crippen molar-refractivity contribution in [3.05, 3.63) is 34.3 Å². The van der Waals surface area contributed by atoms with Crippen molar-refractivity contribution in [3.63, 3.8) is 0 Å². The van der Waals surface area contributed by atoms with Gasteiger partial charge in [0.05, 0.1) is 10.6 Å². The van der Waals surface area contributed by atoms with Crippen molar-refractivity contribution in [2.75, 3.05) is 13.1 Å². The molecule has 1 unspecified atom stereocenters. The molecule has 3 rings (SSSR count). The highest BCUT2D eigenvalue weighted by atomic mass is 35.5. The van der Waals surface area contributed by atoms with Crippen LogP contribution >= 0.6 is 11.6 Å². The van der Waals surface area contributed by atoms with Crippen LogP contribution in [0.4, 0.5) is 0 Å². The van der Waals surface area contributed by atoms with Crippen molar-refractivity contribution >= 4 is 29.3 Å². The molecular weight excluding hydrogens is 370 g/mol. The van der Waals surface area contributed by atoms with Gasteiger partial charge in [-0.1, -0.05) is 18.5 Å². The number of aliphatic hydroxyl groups is 1. The van der Waals surface area contributed by atoms with Gasteiger partial charge in [0.15, 0.2) is 0 Å². The molecule has 2 aliphatic rings. The van der Waals surface area contributed by atoms with E-state index in [1.807, 2.05) is 0 Å². The van der Waals surface area contributed by atoms with Crippen LogP contribution in [0.5, 0.6) is 0 Å². The molecule has 0 spiro atoms. The van der Waals surface area contributed by atoms with E-state index in [-0.39, 0.29) is 34.5 Å². The van der Waals surface area contributed by atoms with Gasteiger partial charge in [-0.25, -0.2) is 0 Å². The lowest BCUT2D eigenvalue weighted by atomic mass is 9.99. The second kappa shape index (κ2) is 7.13. The minimum atomic E-state index is -1.38. The summed E-state index contributed by atoms with van der Waals surface area (Å²) in [4.78, 5) is 40.4. The summed E-state index contributed by atoms with van der Waals surface area (Å²) in [5.74, 6) is -1.11. The zero-order valence-electron chi connectivity index (χ0n) is 15.4. The highest BCUT2D eigenvalue weighted by Crippen LogP contribution is 2.33. The maximum absolute atomic E-state index is 12.9. The van der Waals surface area contributed by atoms with Gasteiger partial charge in [0, 0.05) is 30.7 Å². The van der Waals surface area contributed by atoms with Crippen molar-refractivity contribution in [1.29, 1.82) is 0 Å². The van der Waals surface area contributed by atoms with Crippen LogP contribution in [0.2, 0.25) is 5.02 Å². The first kappa shape index (κ1) is 19.6. The molecule has 7 nitrogen and oxygen atoms in total. The Morgan fingerprint density at radius 2 is 1.85 bits per heavy atom. The lowest BCUT2D eigenvalue weighted by Gasteiger charge is -2.43. The number of halogens is 1. The summed E-state index contributed by atoms with van der Waals surface area (Å²) in [5.41, 5.74) is 4.41. The van der Waals surface area contributed by atoms with Crippen LogP contribution in [-0.2, 0) is 4.79 Å². The Balaban J connectivity index is 1.77. The normalized spacial score (nSPS) is 23.9. The molecule has 3 amide bonds. The van der Waals surface area contributed by atoms with E-state index in [1.165, 1.54) is 25.1 Å². The summed E-state index contributed by atoms with van der Waals surface area (Å²) in [5, 5.41) is 10.5. The minimum Gasteiger partial charge on any atom is -0.380 e. The van der Waals surface area contributed by atoms with E-state index in [4.69, 9.17) is 17.3 Å². The molecule has 146 valence electrons. The summed E-state index contributed by atoms with van der Waals surface area (Å²) >= 11 is 6.06. The summed E-state index contributed by atoms with van der Waals surface area (Å²) in [6.07, 6.45) is 1.96. The predicted molar refractivity (Wildman–Crippen MR) is 100 cm³/mol. The van der Waals surface area contributed by atoms with Crippen LogP contribution in [0.1, 0.15) is 53.8 Å². The van der Waals surface area contributed by atoms with Crippen LogP contribution in [0.3, 0.4) is 0 Å². The molecule has 2 saturated heterocycles. The lowest BCUT2D eigenvalue weighted by Crippen LogP contribution is -2.61. The number of nitrogens with two attached hydrogens (primary N) is 1. The number of rotatable bonds is 4. The Bertz CT molecular complexity index is 781. The van der Waals surface area contributed by atoms with Gasteiger partial charge in [0.2, 0.25) is 5.91 Å². The van der Waals surface area contributed by atoms with Crippen molar-refractivity contribution in [2.24, 2.45) is 5.73 Å². The fourth-order valence-electron chi connectivity index (χ4n) is 3.86. The van der Waals surface area contributed by atoms with Gasteiger partial charge in [0.25, 0.3) is 11.8 Å². The Hall–Kier alpha value is -2.12. The lowest BCUT2D eigenvalue weighted by molar-refractivity contribution is -0.155. The SMILES string of the molecule is CCC(C)(O)C(=O)N1[C@@H]2CC[C@H]1CN(C(=O)c1ccc(C(N)=O)c(Cl)c1)C2.